The van der Waals surface area contributed by atoms with Gasteiger partial charge < -0.3 is 4.52 Å². The molecule has 2 aromatic rings. The number of hydrogen-bond acceptors (Lipinski definition) is 5. The predicted molar refractivity (Wildman–Crippen MR) is 82.7 cm³/mol. The quantitative estimate of drug-likeness (QED) is 0.888. The minimum atomic E-state index is -4.24. The predicted octanol–water partition coefficient (Wildman–Crippen LogP) is 1.64. The first kappa shape index (κ1) is 16.5. The summed E-state index contributed by atoms with van der Waals surface area (Å²) in [4.78, 5) is 0.294. The van der Waals surface area contributed by atoms with Crippen LogP contribution in [-0.4, -0.2) is 36.2 Å². The summed E-state index contributed by atoms with van der Waals surface area (Å²) in [6.07, 6.45) is 1.29. The molecule has 0 aliphatic heterocycles. The second-order valence-corrected chi connectivity index (χ2v) is 8.57. The van der Waals surface area contributed by atoms with Crippen LogP contribution < -0.4 is 4.72 Å². The molecular weight excluding hydrogens is 328 g/mol. The Bertz CT molecular complexity index is 866. The first-order valence-corrected chi connectivity index (χ1v) is 9.10. The standard InChI is InChI=1S/C12H16N4O4S2/c1-10-9-20-13-12(10)14-22(18,19)15-21(17,16(2)3)11-7-5-4-6-8-11/h4-9H,1-3H3,(H,13,14). The molecule has 10 heteroatoms. The molecule has 0 radical (unpaired) electrons. The SMILES string of the molecule is Cc1conc1NS(=O)(=O)N=S(=O)(c1ccccc1)N(C)C. The van der Waals surface area contributed by atoms with Crippen molar-refractivity contribution in [2.75, 3.05) is 18.8 Å². The first-order valence-electron chi connectivity index (χ1n) is 6.19. The van der Waals surface area contributed by atoms with Crippen LogP contribution >= 0.6 is 0 Å². The topological polar surface area (TPSA) is 105 Å². The van der Waals surface area contributed by atoms with Gasteiger partial charge in [-0.25, -0.2) is 13.2 Å². The second-order valence-electron chi connectivity index (χ2n) is 4.62. The molecule has 2 rings (SSSR count). The van der Waals surface area contributed by atoms with E-state index in [0.717, 1.165) is 0 Å². The average Bonchev–Trinajstić information content (AvgIpc) is 2.83. The van der Waals surface area contributed by atoms with Gasteiger partial charge >= 0.3 is 10.2 Å². The minimum Gasteiger partial charge on any atom is -0.362 e. The Morgan fingerprint density at radius 3 is 2.32 bits per heavy atom. The maximum absolute atomic E-state index is 13.0. The fourth-order valence-electron chi connectivity index (χ4n) is 1.58. The van der Waals surface area contributed by atoms with Crippen molar-refractivity contribution >= 4 is 25.9 Å². The van der Waals surface area contributed by atoms with Crippen LogP contribution in [0.15, 0.2) is 49.8 Å². The highest BCUT2D eigenvalue weighted by molar-refractivity contribution is 8.02. The number of nitrogens with zero attached hydrogens (tertiary/aromatic N) is 3. The van der Waals surface area contributed by atoms with Crippen molar-refractivity contribution < 1.29 is 17.1 Å². The van der Waals surface area contributed by atoms with Gasteiger partial charge in [-0.2, -0.15) is 8.42 Å². The maximum Gasteiger partial charge on any atom is 0.352 e. The van der Waals surface area contributed by atoms with Crippen molar-refractivity contribution in [3.63, 3.8) is 0 Å². The molecule has 0 bridgehead atoms. The third kappa shape index (κ3) is 3.46. The molecule has 1 unspecified atom stereocenters. The van der Waals surface area contributed by atoms with E-state index in [-0.39, 0.29) is 5.82 Å². The summed E-state index contributed by atoms with van der Waals surface area (Å²) in [7, 11) is -4.56. The van der Waals surface area contributed by atoms with E-state index in [1.54, 1.807) is 37.3 Å². The molecule has 8 nitrogen and oxygen atoms in total. The highest BCUT2D eigenvalue weighted by atomic mass is 32.3. The Labute approximate surface area is 129 Å². The molecule has 1 aromatic heterocycles. The van der Waals surface area contributed by atoms with Crippen LogP contribution in [0.4, 0.5) is 5.82 Å². The van der Waals surface area contributed by atoms with Crippen LogP contribution in [0.2, 0.25) is 0 Å². The van der Waals surface area contributed by atoms with Gasteiger partial charge in [0.15, 0.2) is 15.7 Å². The fourth-order valence-corrected chi connectivity index (χ4v) is 5.04. The van der Waals surface area contributed by atoms with E-state index in [4.69, 9.17) is 0 Å². The number of aryl methyl sites for hydroxylation is 1. The third-order valence-electron chi connectivity index (χ3n) is 2.72. The molecule has 22 heavy (non-hydrogen) atoms. The van der Waals surface area contributed by atoms with Gasteiger partial charge in [-0.15, -0.1) is 0 Å². The van der Waals surface area contributed by atoms with Crippen molar-refractivity contribution in [3.8, 4) is 0 Å². The summed E-state index contributed by atoms with van der Waals surface area (Å²) < 4.78 is 49.0. The van der Waals surface area contributed by atoms with Crippen LogP contribution in [0, 0.1) is 6.92 Å². The average molecular weight is 344 g/mol. The van der Waals surface area contributed by atoms with E-state index in [9.17, 15) is 12.6 Å². The zero-order valence-electron chi connectivity index (χ0n) is 12.3. The zero-order valence-corrected chi connectivity index (χ0v) is 13.9. The molecule has 120 valence electrons. The van der Waals surface area contributed by atoms with Gasteiger partial charge in [0.25, 0.3) is 0 Å². The number of anilines is 1. The van der Waals surface area contributed by atoms with Crippen LogP contribution in [-0.2, 0) is 20.1 Å². The first-order chi connectivity index (χ1) is 10.2. The summed E-state index contributed by atoms with van der Waals surface area (Å²) >= 11 is 0. The van der Waals surface area contributed by atoms with Crippen molar-refractivity contribution in [3.05, 3.63) is 42.2 Å². The Kier molecular flexibility index (Phi) is 4.54. The number of aromatic nitrogens is 1. The normalized spacial score (nSPS) is 14.5. The molecule has 1 atom stereocenters. The number of benzene rings is 1. The van der Waals surface area contributed by atoms with Crippen molar-refractivity contribution in [1.29, 1.82) is 0 Å². The largest absolute Gasteiger partial charge is 0.362 e. The summed E-state index contributed by atoms with van der Waals surface area (Å²) in [5.74, 6) is 0.0114. The summed E-state index contributed by atoms with van der Waals surface area (Å²) in [5.41, 5.74) is 0.495. The van der Waals surface area contributed by atoms with E-state index in [1.165, 1.54) is 24.7 Å². The molecule has 1 heterocycles. The number of hydrogen-bond donors (Lipinski definition) is 1. The Balaban J connectivity index is 2.51. The molecule has 0 amide bonds. The van der Waals surface area contributed by atoms with Crippen LogP contribution in [0.3, 0.4) is 0 Å². The van der Waals surface area contributed by atoms with Gasteiger partial charge in [-0.1, -0.05) is 27.1 Å². The molecular formula is C12H16N4O4S2. The second kappa shape index (κ2) is 6.07. The maximum atomic E-state index is 13.0. The van der Waals surface area contributed by atoms with E-state index >= 15 is 0 Å². The van der Waals surface area contributed by atoms with Gasteiger partial charge in [-0.05, 0) is 19.1 Å². The van der Waals surface area contributed by atoms with E-state index < -0.39 is 20.1 Å². The molecule has 0 aliphatic carbocycles. The summed E-state index contributed by atoms with van der Waals surface area (Å²) in [6.45, 7) is 1.62. The van der Waals surface area contributed by atoms with Gasteiger partial charge in [0.1, 0.15) is 6.26 Å². The Morgan fingerprint density at radius 2 is 1.82 bits per heavy atom. The van der Waals surface area contributed by atoms with Crippen molar-refractivity contribution in [2.45, 2.75) is 11.8 Å². The van der Waals surface area contributed by atoms with Crippen LogP contribution in [0.1, 0.15) is 5.56 Å². The number of rotatable bonds is 5. The molecule has 0 aliphatic rings. The molecule has 0 spiro atoms. The van der Waals surface area contributed by atoms with E-state index in [0.29, 0.717) is 10.5 Å². The lowest BCUT2D eigenvalue weighted by molar-refractivity contribution is 0.422. The lowest BCUT2D eigenvalue weighted by atomic mass is 10.4. The lowest BCUT2D eigenvalue weighted by Gasteiger charge is -2.17. The van der Waals surface area contributed by atoms with Crippen molar-refractivity contribution in [1.82, 2.24) is 9.46 Å². The Morgan fingerprint density at radius 1 is 1.18 bits per heavy atom. The fraction of sp³-hybridized carbons (Fsp3) is 0.250. The molecule has 0 saturated carbocycles. The molecule has 1 aromatic carbocycles. The summed E-state index contributed by atoms with van der Waals surface area (Å²) in [6, 6.07) is 8.18. The van der Waals surface area contributed by atoms with Crippen LogP contribution in [0.25, 0.3) is 0 Å². The smallest absolute Gasteiger partial charge is 0.352 e. The molecule has 1 N–H and O–H groups in total. The highest BCUT2D eigenvalue weighted by Crippen LogP contribution is 2.19. The van der Waals surface area contributed by atoms with Crippen molar-refractivity contribution in [2.24, 2.45) is 3.77 Å². The van der Waals surface area contributed by atoms with Gasteiger partial charge in [0.2, 0.25) is 0 Å². The van der Waals surface area contributed by atoms with E-state index in [1.807, 2.05) is 0 Å². The zero-order chi connectivity index (χ0) is 16.4. The molecule has 0 fully saturated rings. The van der Waals surface area contributed by atoms with Crippen LogP contribution in [0.5, 0.6) is 0 Å². The monoisotopic (exact) mass is 344 g/mol. The number of nitrogens with one attached hydrogen (secondary N) is 1. The lowest BCUT2D eigenvalue weighted by Crippen LogP contribution is -2.25. The molecule has 0 saturated heterocycles. The van der Waals surface area contributed by atoms with Gasteiger partial charge in [0, 0.05) is 19.7 Å². The summed E-state index contributed by atoms with van der Waals surface area (Å²) in [5, 5.41) is 3.52. The van der Waals surface area contributed by atoms with Gasteiger partial charge in [-0.3, -0.25) is 0 Å². The Hall–Kier alpha value is -1.91. The third-order valence-corrected chi connectivity index (χ3v) is 6.64. The van der Waals surface area contributed by atoms with E-state index in [2.05, 4.69) is 18.2 Å². The van der Waals surface area contributed by atoms with Gasteiger partial charge in [0.05, 0.1) is 4.90 Å². The minimum absolute atomic E-state index is 0.0114. The highest BCUT2D eigenvalue weighted by Gasteiger charge is 2.22.